The van der Waals surface area contributed by atoms with Crippen LogP contribution in [-0.2, 0) is 21.5 Å². The van der Waals surface area contributed by atoms with E-state index in [1.54, 1.807) is 0 Å². The van der Waals surface area contributed by atoms with Crippen molar-refractivity contribution in [2.24, 2.45) is 0 Å². The van der Waals surface area contributed by atoms with Crippen LogP contribution in [0.25, 0.3) is 0 Å². The van der Waals surface area contributed by atoms with E-state index >= 15 is 0 Å². The summed E-state index contributed by atoms with van der Waals surface area (Å²) < 4.78 is 5.71. The van der Waals surface area contributed by atoms with Gasteiger partial charge in [0.2, 0.25) is 0 Å². The molecule has 100 valence electrons. The van der Waals surface area contributed by atoms with E-state index in [0.29, 0.717) is 0 Å². The minimum atomic E-state index is -1.62. The van der Waals surface area contributed by atoms with Crippen LogP contribution in [0.15, 0.2) is 0 Å². The minimum Gasteiger partial charge on any atom is -0.402 e. The molecule has 0 bridgehead atoms. The summed E-state index contributed by atoms with van der Waals surface area (Å²) in [5.74, 6) is 0.963. The van der Waals surface area contributed by atoms with Gasteiger partial charge in [-0.3, -0.25) is 0 Å². The zero-order chi connectivity index (χ0) is 13.4. The summed E-state index contributed by atoms with van der Waals surface area (Å²) in [5.41, 5.74) is 0. The molecule has 0 spiro atoms. The van der Waals surface area contributed by atoms with E-state index in [9.17, 15) is 0 Å². The molecule has 0 N–H and O–H groups in total. The Morgan fingerprint density at radius 2 is 1.37 bits per heavy atom. The fraction of sp³-hybridized carbons (Fsp3) is 0.267. The van der Waals surface area contributed by atoms with Gasteiger partial charge in [0, 0.05) is 5.92 Å². The van der Waals surface area contributed by atoms with Gasteiger partial charge in [0.05, 0.1) is 6.07 Å². The van der Waals surface area contributed by atoms with Crippen LogP contribution in [0.4, 0.5) is 0 Å². The Bertz CT molecular complexity index is 255. The summed E-state index contributed by atoms with van der Waals surface area (Å²) in [6, 6.07) is 2.17. The third-order valence-corrected chi connectivity index (χ3v) is 3.08. The number of nitriles is 1. The van der Waals surface area contributed by atoms with Crippen LogP contribution in [0.5, 0.6) is 0 Å². The Balaban J connectivity index is 0.000000454. The van der Waals surface area contributed by atoms with Crippen molar-refractivity contribution >= 4 is 8.32 Å². The molecule has 0 aromatic rings. The van der Waals surface area contributed by atoms with Gasteiger partial charge in [0.15, 0.2) is 8.32 Å². The normalized spacial score (nSPS) is 20.9. The second-order valence-electron chi connectivity index (χ2n) is 4.92. The van der Waals surface area contributed by atoms with Crippen molar-refractivity contribution in [2.45, 2.75) is 25.7 Å². The molecule has 0 heterocycles. The Hall–Kier alpha value is 0.186. The Labute approximate surface area is 130 Å². The van der Waals surface area contributed by atoms with Crippen molar-refractivity contribution in [3.05, 3.63) is 63.7 Å². The van der Waals surface area contributed by atoms with E-state index in [0.717, 1.165) is 5.92 Å². The van der Waals surface area contributed by atoms with Crippen LogP contribution in [-0.4, -0.2) is 14.4 Å². The number of rotatable bonds is 3. The minimum absolute atomic E-state index is 0. The molecule has 2 fully saturated rings. The topological polar surface area (TPSA) is 33.0 Å². The van der Waals surface area contributed by atoms with Crippen LogP contribution in [0.3, 0.4) is 0 Å². The smallest absolute Gasteiger partial charge is 0.402 e. The molecule has 0 unspecified atom stereocenters. The number of hydrogen-bond acceptors (Lipinski definition) is 2. The van der Waals surface area contributed by atoms with Crippen molar-refractivity contribution in [1.29, 1.82) is 5.26 Å². The van der Waals surface area contributed by atoms with Gasteiger partial charge < -0.3 is 4.43 Å². The Morgan fingerprint density at radius 3 is 1.68 bits per heavy atom. The number of nitrogens with zero attached hydrogens (tertiary/aromatic N) is 1. The van der Waals surface area contributed by atoms with Crippen LogP contribution in [0, 0.1) is 75.0 Å². The van der Waals surface area contributed by atoms with Gasteiger partial charge in [-0.15, -0.1) is 0 Å². The predicted molar refractivity (Wildman–Crippen MR) is 75.8 cm³/mol. The standard InChI is InChI=1S/C10H14NOSi.C5H5.Fe/c1-13(2,3)12-10(8-11)9-6-4-5-7-9;1-2-4-5-3-1;/h4-7,10H,1-3H3;1-5H;/q;;+2/t10-;;/m1../s1. The van der Waals surface area contributed by atoms with Crippen LogP contribution < -0.4 is 0 Å². The van der Waals surface area contributed by atoms with E-state index < -0.39 is 8.32 Å². The fourth-order valence-corrected chi connectivity index (χ4v) is 2.30. The summed E-state index contributed by atoms with van der Waals surface area (Å²) in [6.07, 6.45) is 17.3. The molecule has 10 radical (unpaired) electrons. The maximum Gasteiger partial charge on any atom is 2.00 e. The van der Waals surface area contributed by atoms with Crippen LogP contribution in [0.2, 0.25) is 19.6 Å². The van der Waals surface area contributed by atoms with E-state index in [1.807, 2.05) is 57.8 Å². The maximum atomic E-state index is 8.91. The molecule has 1 atom stereocenters. The Kier molecular flexibility index (Phi) is 10.1. The molecule has 0 amide bonds. The fourth-order valence-electron chi connectivity index (χ4n) is 1.41. The molecular formula is C15H19FeNOSi+2. The molecule has 2 saturated carbocycles. The van der Waals surface area contributed by atoms with E-state index in [4.69, 9.17) is 9.69 Å². The SMILES string of the molecule is C[Si](C)(C)O[C@H](C#N)[C]1[CH][CH][CH][CH]1.[CH]1[CH][CH][CH][CH]1.[Fe+2]. The average molecular weight is 313 g/mol. The molecule has 19 heavy (non-hydrogen) atoms. The van der Waals surface area contributed by atoms with Gasteiger partial charge >= 0.3 is 17.1 Å². The first-order valence-electron chi connectivity index (χ1n) is 5.98. The largest absolute Gasteiger partial charge is 2.00 e. The maximum absolute atomic E-state index is 8.91. The van der Waals surface area contributed by atoms with Crippen LogP contribution in [0.1, 0.15) is 0 Å². The first-order valence-corrected chi connectivity index (χ1v) is 9.39. The predicted octanol–water partition coefficient (Wildman–Crippen LogP) is 3.15. The van der Waals surface area contributed by atoms with Crippen molar-refractivity contribution < 1.29 is 21.5 Å². The second-order valence-corrected chi connectivity index (χ2v) is 9.38. The first-order chi connectivity index (χ1) is 8.53. The van der Waals surface area contributed by atoms with Gasteiger partial charge in [-0.25, -0.2) is 0 Å². The number of hydrogen-bond donors (Lipinski definition) is 0. The Morgan fingerprint density at radius 1 is 0.947 bits per heavy atom. The summed E-state index contributed by atoms with van der Waals surface area (Å²) in [4.78, 5) is 0. The summed E-state index contributed by atoms with van der Waals surface area (Å²) in [7, 11) is -1.62. The molecule has 0 aromatic carbocycles. The van der Waals surface area contributed by atoms with E-state index in [-0.39, 0.29) is 23.2 Å². The van der Waals surface area contributed by atoms with Gasteiger partial charge in [0.25, 0.3) is 0 Å². The summed E-state index contributed by atoms with van der Waals surface area (Å²) in [6.45, 7) is 6.25. The monoisotopic (exact) mass is 313 g/mol. The molecule has 2 rings (SSSR count). The molecule has 0 saturated heterocycles. The van der Waals surface area contributed by atoms with Crippen molar-refractivity contribution in [2.75, 3.05) is 0 Å². The molecule has 4 heteroatoms. The van der Waals surface area contributed by atoms with Gasteiger partial charge in [0.1, 0.15) is 6.10 Å². The molecular weight excluding hydrogens is 294 g/mol. The van der Waals surface area contributed by atoms with Crippen molar-refractivity contribution in [1.82, 2.24) is 0 Å². The third-order valence-electron chi connectivity index (χ3n) is 2.14. The molecule has 2 aliphatic carbocycles. The second kappa shape index (κ2) is 9.99. The third kappa shape index (κ3) is 8.86. The summed E-state index contributed by atoms with van der Waals surface area (Å²) >= 11 is 0. The zero-order valence-corrected chi connectivity index (χ0v) is 13.6. The molecule has 2 aliphatic rings. The van der Waals surface area contributed by atoms with Crippen molar-refractivity contribution in [3.63, 3.8) is 0 Å². The van der Waals surface area contributed by atoms with Crippen LogP contribution >= 0.6 is 0 Å². The van der Waals surface area contributed by atoms with Crippen molar-refractivity contribution in [3.8, 4) is 6.07 Å². The van der Waals surface area contributed by atoms with Gasteiger partial charge in [-0.05, 0) is 77.4 Å². The molecule has 0 aliphatic heterocycles. The average Bonchev–Trinajstić information content (AvgIpc) is 2.99. The zero-order valence-electron chi connectivity index (χ0n) is 11.5. The summed E-state index contributed by atoms with van der Waals surface area (Å²) in [5, 5.41) is 8.91. The van der Waals surface area contributed by atoms with E-state index in [2.05, 4.69) is 25.7 Å². The van der Waals surface area contributed by atoms with E-state index in [1.165, 1.54) is 0 Å². The van der Waals surface area contributed by atoms with Gasteiger partial charge in [-0.2, -0.15) is 5.26 Å². The first kappa shape index (κ1) is 19.2. The molecule has 0 aromatic heterocycles. The molecule has 2 nitrogen and oxygen atoms in total. The van der Waals surface area contributed by atoms with Gasteiger partial charge in [-0.1, -0.05) is 0 Å². The quantitative estimate of drug-likeness (QED) is 0.750.